The molecule has 0 rings (SSSR count). The minimum Gasteiger partial charge on any atom is -0.330 e. The minimum absolute atomic E-state index is 0.0190. The van der Waals surface area contributed by atoms with Gasteiger partial charge in [-0.05, 0) is 38.8 Å². The van der Waals surface area contributed by atoms with Gasteiger partial charge in [0.25, 0.3) is 0 Å². The van der Waals surface area contributed by atoms with Crippen molar-refractivity contribution in [3.05, 3.63) is 0 Å². The van der Waals surface area contributed by atoms with Gasteiger partial charge in [-0.25, -0.2) is 0 Å². The molecule has 4 N–H and O–H groups in total. The van der Waals surface area contributed by atoms with Gasteiger partial charge in [0, 0.05) is 0 Å². The van der Waals surface area contributed by atoms with Gasteiger partial charge in [-0.2, -0.15) is 26.3 Å². The molecule has 0 spiro atoms. The minimum atomic E-state index is -5.26. The summed E-state index contributed by atoms with van der Waals surface area (Å²) in [6.45, 7) is 1.51. The smallest absolute Gasteiger partial charge is 0.330 e. The first-order valence-corrected chi connectivity index (χ1v) is 17.2. The summed E-state index contributed by atoms with van der Waals surface area (Å²) in [5, 5.41) is 0. The van der Waals surface area contributed by atoms with Crippen LogP contribution >= 0.6 is 0 Å². The molecule has 0 aliphatic carbocycles. The second kappa shape index (κ2) is 25.9. The lowest BCUT2D eigenvalue weighted by atomic mass is 9.76. The summed E-state index contributed by atoms with van der Waals surface area (Å²) >= 11 is 0. The number of hydrogen-bond donors (Lipinski definition) is 2. The maximum Gasteiger partial charge on any atom is 0.403 e. The Morgan fingerprint density at radius 1 is 0.268 bits per heavy atom. The fourth-order valence-electron chi connectivity index (χ4n) is 5.88. The first-order valence-electron chi connectivity index (χ1n) is 17.2. The molecule has 0 aromatic rings. The fourth-order valence-corrected chi connectivity index (χ4v) is 5.88. The third kappa shape index (κ3) is 20.9. The fraction of sp³-hybridized carbons (Fsp3) is 1.00. The maximum absolute atomic E-state index is 13.9. The summed E-state index contributed by atoms with van der Waals surface area (Å²) in [4.78, 5) is 0. The van der Waals surface area contributed by atoms with Crippen molar-refractivity contribution in [3.63, 3.8) is 0 Å². The molecule has 0 fully saturated rings. The van der Waals surface area contributed by atoms with Crippen LogP contribution in [0.15, 0.2) is 0 Å². The Labute approximate surface area is 248 Å². The molecule has 0 amide bonds. The Bertz CT molecular complexity index is 503. The SMILES string of the molecule is NCCCCCCCCCCCCCCCC(CCCCCCCCCCCCCCCN)(C(F)(F)F)C(F)(F)F. The van der Waals surface area contributed by atoms with Gasteiger partial charge in [-0.3, -0.25) is 0 Å². The van der Waals surface area contributed by atoms with E-state index in [9.17, 15) is 26.3 Å². The van der Waals surface area contributed by atoms with Gasteiger partial charge in [0.15, 0.2) is 5.41 Å². The number of halogens is 6. The van der Waals surface area contributed by atoms with Crippen LogP contribution in [0.2, 0.25) is 0 Å². The van der Waals surface area contributed by atoms with Crippen LogP contribution in [0, 0.1) is 5.41 Å². The Morgan fingerprint density at radius 3 is 0.610 bits per heavy atom. The third-order valence-electron chi connectivity index (χ3n) is 8.70. The van der Waals surface area contributed by atoms with E-state index in [0.717, 1.165) is 77.3 Å². The normalized spacial score (nSPS) is 12.9. The summed E-state index contributed by atoms with van der Waals surface area (Å²) < 4.78 is 83.2. The van der Waals surface area contributed by atoms with Crippen molar-refractivity contribution in [2.75, 3.05) is 13.1 Å². The molecule has 248 valence electrons. The molecule has 0 aromatic heterocycles. The first-order chi connectivity index (χ1) is 19.6. The van der Waals surface area contributed by atoms with Gasteiger partial charge < -0.3 is 11.5 Å². The molecule has 0 radical (unpaired) electrons. The average molecular weight is 603 g/mol. The lowest BCUT2D eigenvalue weighted by Gasteiger charge is -2.37. The van der Waals surface area contributed by atoms with Crippen LogP contribution < -0.4 is 11.5 Å². The summed E-state index contributed by atoms with van der Waals surface area (Å²) in [6, 6.07) is 0. The van der Waals surface area contributed by atoms with E-state index in [-0.39, 0.29) is 12.8 Å². The largest absolute Gasteiger partial charge is 0.403 e. The van der Waals surface area contributed by atoms with Crippen LogP contribution in [0.25, 0.3) is 0 Å². The lowest BCUT2D eigenvalue weighted by Crippen LogP contribution is -2.50. The molecule has 41 heavy (non-hydrogen) atoms. The Balaban J connectivity index is 4.11. The van der Waals surface area contributed by atoms with Gasteiger partial charge in [0.2, 0.25) is 0 Å². The molecule has 0 aliphatic rings. The van der Waals surface area contributed by atoms with E-state index < -0.39 is 30.6 Å². The number of unbranched alkanes of at least 4 members (excludes halogenated alkanes) is 24. The Hall–Kier alpha value is -0.500. The molecule has 8 heteroatoms. The summed E-state index contributed by atoms with van der Waals surface area (Å²) in [7, 11) is 0. The highest BCUT2D eigenvalue weighted by molar-refractivity contribution is 4.93. The monoisotopic (exact) mass is 602 g/mol. The van der Waals surface area contributed by atoms with Crippen molar-refractivity contribution in [2.24, 2.45) is 16.9 Å². The molecule has 0 atom stereocenters. The molecule has 0 aromatic carbocycles. The molecule has 0 saturated carbocycles. The average Bonchev–Trinajstić information content (AvgIpc) is 2.90. The maximum atomic E-state index is 13.9. The zero-order chi connectivity index (χ0) is 30.7. The topological polar surface area (TPSA) is 52.0 Å². The highest BCUT2D eigenvalue weighted by Crippen LogP contribution is 2.56. The van der Waals surface area contributed by atoms with E-state index in [2.05, 4.69) is 0 Å². The van der Waals surface area contributed by atoms with Gasteiger partial charge in [-0.15, -0.1) is 0 Å². The molecular weight excluding hydrogens is 538 g/mol. The highest BCUT2D eigenvalue weighted by Gasteiger charge is 2.69. The van der Waals surface area contributed by atoms with Gasteiger partial charge in [0.1, 0.15) is 0 Å². The van der Waals surface area contributed by atoms with E-state index in [1.54, 1.807) is 0 Å². The standard InChI is InChI=1S/C33H64F6N2/c34-32(35,36)31(33(37,38)39,27-23-19-15-11-7-3-1-5-9-13-17-21-25-29-40)28-24-20-16-12-8-4-2-6-10-14-18-22-26-30-41/h1-30,40-41H2. The van der Waals surface area contributed by atoms with Crippen LogP contribution in [-0.4, -0.2) is 25.4 Å². The van der Waals surface area contributed by atoms with Crippen LogP contribution in [0.3, 0.4) is 0 Å². The van der Waals surface area contributed by atoms with Crippen LogP contribution in [0.4, 0.5) is 26.3 Å². The zero-order valence-electron chi connectivity index (χ0n) is 26.1. The van der Waals surface area contributed by atoms with Crippen molar-refractivity contribution in [1.29, 1.82) is 0 Å². The van der Waals surface area contributed by atoms with Crippen molar-refractivity contribution in [3.8, 4) is 0 Å². The van der Waals surface area contributed by atoms with Gasteiger partial charge >= 0.3 is 12.4 Å². The van der Waals surface area contributed by atoms with E-state index >= 15 is 0 Å². The number of alkyl halides is 6. The first kappa shape index (κ1) is 40.5. The zero-order valence-corrected chi connectivity index (χ0v) is 26.1. The predicted octanol–water partition coefficient (Wildman–Crippen LogP) is 11.9. The van der Waals surface area contributed by atoms with Crippen LogP contribution in [-0.2, 0) is 0 Å². The van der Waals surface area contributed by atoms with Gasteiger partial charge in [-0.1, -0.05) is 154 Å². The molecule has 0 aliphatic heterocycles. The van der Waals surface area contributed by atoms with Crippen LogP contribution in [0.1, 0.15) is 180 Å². The Morgan fingerprint density at radius 2 is 0.439 bits per heavy atom. The van der Waals surface area contributed by atoms with E-state index in [1.807, 2.05) is 0 Å². The summed E-state index contributed by atoms with van der Waals surface area (Å²) in [5.74, 6) is 0. The number of hydrogen-bond acceptors (Lipinski definition) is 2. The van der Waals surface area contributed by atoms with Crippen molar-refractivity contribution < 1.29 is 26.3 Å². The quantitative estimate of drug-likeness (QED) is 0.0635. The summed E-state index contributed by atoms with van der Waals surface area (Å²) in [5.41, 5.74) is 7.41. The molecule has 0 saturated heterocycles. The van der Waals surface area contributed by atoms with E-state index in [1.165, 1.54) is 64.2 Å². The number of nitrogens with two attached hydrogens (primary N) is 2. The number of rotatable bonds is 30. The lowest BCUT2D eigenvalue weighted by molar-refractivity contribution is -0.346. The predicted molar refractivity (Wildman–Crippen MR) is 162 cm³/mol. The summed E-state index contributed by atoms with van der Waals surface area (Å²) in [6.07, 6.45) is 12.6. The highest BCUT2D eigenvalue weighted by atomic mass is 19.4. The van der Waals surface area contributed by atoms with Gasteiger partial charge in [0.05, 0.1) is 0 Å². The molecule has 0 bridgehead atoms. The Kier molecular flexibility index (Phi) is 25.6. The molecular formula is C33H64F6N2. The van der Waals surface area contributed by atoms with Crippen molar-refractivity contribution in [2.45, 2.75) is 192 Å². The van der Waals surface area contributed by atoms with Crippen molar-refractivity contribution in [1.82, 2.24) is 0 Å². The second-order valence-corrected chi connectivity index (χ2v) is 12.3. The molecule has 2 nitrogen and oxygen atoms in total. The van der Waals surface area contributed by atoms with Crippen molar-refractivity contribution >= 4 is 0 Å². The molecule has 0 heterocycles. The van der Waals surface area contributed by atoms with E-state index in [4.69, 9.17) is 11.5 Å². The second-order valence-electron chi connectivity index (χ2n) is 12.3. The van der Waals surface area contributed by atoms with E-state index in [0.29, 0.717) is 25.7 Å². The molecule has 0 unspecified atom stereocenters. The third-order valence-corrected chi connectivity index (χ3v) is 8.70. The van der Waals surface area contributed by atoms with Crippen LogP contribution in [0.5, 0.6) is 0 Å².